The Morgan fingerprint density at radius 2 is 1.71 bits per heavy atom. The van der Waals surface area contributed by atoms with Crippen LogP contribution in [0.1, 0.15) is 24.3 Å². The number of halogens is 1. The van der Waals surface area contributed by atoms with Gasteiger partial charge < -0.3 is 9.47 Å². The van der Waals surface area contributed by atoms with Crippen LogP contribution in [0, 0.1) is 5.82 Å². The summed E-state index contributed by atoms with van der Waals surface area (Å²) in [6.07, 6.45) is 8.95. The summed E-state index contributed by atoms with van der Waals surface area (Å²) in [5, 5.41) is 4.22. The average molecular weight is 554 g/mol. The van der Waals surface area contributed by atoms with Crippen molar-refractivity contribution >= 4 is 22.1 Å². The second-order valence-electron chi connectivity index (χ2n) is 11.3. The normalized spacial score (nSPS) is 15.1. The quantitative estimate of drug-likeness (QED) is 0.330. The molecule has 11 heteroatoms. The van der Waals surface area contributed by atoms with Gasteiger partial charge >= 0.3 is 5.69 Å². The third-order valence-corrected chi connectivity index (χ3v) is 8.60. The lowest BCUT2D eigenvalue weighted by molar-refractivity contribution is 0.256. The molecule has 7 rings (SSSR count). The van der Waals surface area contributed by atoms with Crippen molar-refractivity contribution in [2.45, 2.75) is 18.8 Å². The summed E-state index contributed by atoms with van der Waals surface area (Å²) in [4.78, 5) is 24.8. The zero-order valence-corrected chi connectivity index (χ0v) is 23.8. The van der Waals surface area contributed by atoms with Crippen molar-refractivity contribution in [2.24, 2.45) is 28.2 Å². The van der Waals surface area contributed by atoms with Crippen LogP contribution < -0.4 is 5.69 Å². The first-order valence-electron chi connectivity index (χ1n) is 13.8. The number of nitrogens with zero attached hydrogens (tertiary/aromatic N) is 9. The molecule has 0 amide bonds. The largest absolute Gasteiger partial charge is 0.331 e. The number of aromatic nitrogens is 8. The fourth-order valence-electron chi connectivity index (χ4n) is 6.32. The summed E-state index contributed by atoms with van der Waals surface area (Å²) in [6.45, 7) is 1.99. The topological polar surface area (TPSA) is 83.6 Å². The summed E-state index contributed by atoms with van der Waals surface area (Å²) in [7, 11) is 9.52. The monoisotopic (exact) mass is 553 g/mol. The van der Waals surface area contributed by atoms with Gasteiger partial charge in [0.25, 0.3) is 0 Å². The van der Waals surface area contributed by atoms with Crippen LogP contribution in [0.3, 0.4) is 0 Å². The summed E-state index contributed by atoms with van der Waals surface area (Å²) in [5.41, 5.74) is 6.92. The van der Waals surface area contributed by atoms with Crippen molar-refractivity contribution in [3.8, 4) is 28.3 Å². The molecule has 0 aliphatic carbocycles. The summed E-state index contributed by atoms with van der Waals surface area (Å²) in [6, 6.07) is 7.52. The average Bonchev–Trinajstić information content (AvgIpc) is 3.72. The van der Waals surface area contributed by atoms with Crippen LogP contribution in [0.25, 0.3) is 50.4 Å². The van der Waals surface area contributed by atoms with Crippen molar-refractivity contribution in [3.63, 3.8) is 0 Å². The van der Waals surface area contributed by atoms with Gasteiger partial charge in [0.05, 0.1) is 46.5 Å². The molecule has 0 saturated carbocycles. The van der Waals surface area contributed by atoms with Gasteiger partial charge in [-0.3, -0.25) is 18.4 Å². The van der Waals surface area contributed by atoms with Crippen molar-refractivity contribution < 1.29 is 4.39 Å². The minimum Gasteiger partial charge on any atom is -0.331 e. The Hall–Kier alpha value is -4.51. The van der Waals surface area contributed by atoms with E-state index in [1.807, 2.05) is 36.3 Å². The molecular formula is C30H32FN9O. The second-order valence-corrected chi connectivity index (χ2v) is 11.3. The maximum Gasteiger partial charge on any atom is 0.328 e. The zero-order chi connectivity index (χ0) is 28.6. The highest BCUT2D eigenvalue weighted by Crippen LogP contribution is 2.38. The molecule has 0 bridgehead atoms. The molecule has 10 nitrogen and oxygen atoms in total. The number of fused-ring (bicyclic) bond motifs is 2. The summed E-state index contributed by atoms with van der Waals surface area (Å²) >= 11 is 0. The number of rotatable bonds is 4. The van der Waals surface area contributed by atoms with E-state index in [9.17, 15) is 4.79 Å². The van der Waals surface area contributed by atoms with Gasteiger partial charge in [0.1, 0.15) is 11.5 Å². The van der Waals surface area contributed by atoms with Gasteiger partial charge in [-0.15, -0.1) is 0 Å². The van der Waals surface area contributed by atoms with Gasteiger partial charge in [-0.25, -0.2) is 19.2 Å². The van der Waals surface area contributed by atoms with Gasteiger partial charge in [-0.05, 0) is 62.7 Å². The Bertz CT molecular complexity index is 2010. The van der Waals surface area contributed by atoms with Crippen LogP contribution in [0.5, 0.6) is 0 Å². The zero-order valence-electron chi connectivity index (χ0n) is 23.8. The lowest BCUT2D eigenvalue weighted by atomic mass is 9.88. The molecule has 0 spiro atoms. The molecule has 1 fully saturated rings. The number of benzene rings is 2. The molecule has 5 heterocycles. The van der Waals surface area contributed by atoms with Gasteiger partial charge in [0.2, 0.25) is 0 Å². The molecule has 0 radical (unpaired) electrons. The molecule has 6 aromatic rings. The molecular weight excluding hydrogens is 521 g/mol. The van der Waals surface area contributed by atoms with E-state index in [0.29, 0.717) is 33.9 Å². The minimum atomic E-state index is -0.355. The Morgan fingerprint density at radius 1 is 0.927 bits per heavy atom. The number of hydrogen-bond acceptors (Lipinski definition) is 5. The van der Waals surface area contributed by atoms with E-state index < -0.39 is 0 Å². The van der Waals surface area contributed by atoms with Crippen LogP contribution in [0.2, 0.25) is 0 Å². The summed E-state index contributed by atoms with van der Waals surface area (Å²) < 4.78 is 24.8. The van der Waals surface area contributed by atoms with E-state index in [2.05, 4.69) is 28.1 Å². The minimum absolute atomic E-state index is 0.0687. The molecule has 0 atom stereocenters. The molecule has 41 heavy (non-hydrogen) atoms. The Balaban J connectivity index is 1.53. The smallest absolute Gasteiger partial charge is 0.328 e. The number of likely N-dealkylation sites (tertiary alicyclic amines) is 1. The standard InChI is InChI=1S/C30H32FN9O/c1-35-8-6-18(7-9-35)22-10-20(11-26-28(22)39(5)30(41)38(26)4)40-25-13-23(31)21(19-14-33-37(3)16-19)12-24(25)34-29(40)27-15-32-17-36(27)2/h10-18H,6-9H2,1-5H3. The molecule has 1 saturated heterocycles. The highest BCUT2D eigenvalue weighted by molar-refractivity contribution is 5.89. The molecule has 1 aliphatic rings. The van der Waals surface area contributed by atoms with Gasteiger partial charge in [-0.2, -0.15) is 5.10 Å². The molecule has 1 aliphatic heterocycles. The predicted octanol–water partition coefficient (Wildman–Crippen LogP) is 3.97. The number of piperidine rings is 1. The summed E-state index contributed by atoms with van der Waals surface area (Å²) in [5.74, 6) is 0.592. The van der Waals surface area contributed by atoms with E-state index in [-0.39, 0.29) is 11.5 Å². The molecule has 0 N–H and O–H groups in total. The van der Waals surface area contributed by atoms with Crippen molar-refractivity contribution in [2.75, 3.05) is 20.1 Å². The first-order valence-corrected chi connectivity index (χ1v) is 13.8. The Kier molecular flexibility index (Phi) is 5.75. The molecule has 210 valence electrons. The first kappa shape index (κ1) is 25.5. The third-order valence-electron chi connectivity index (χ3n) is 8.60. The first-order chi connectivity index (χ1) is 19.7. The number of imidazole rings is 3. The van der Waals surface area contributed by atoms with E-state index in [4.69, 9.17) is 4.98 Å². The van der Waals surface area contributed by atoms with E-state index >= 15 is 4.39 Å². The fourth-order valence-corrected chi connectivity index (χ4v) is 6.32. The highest BCUT2D eigenvalue weighted by atomic mass is 19.1. The maximum absolute atomic E-state index is 15.8. The van der Waals surface area contributed by atoms with Crippen LogP contribution in [-0.4, -0.2) is 63.1 Å². The lowest BCUT2D eigenvalue weighted by Crippen LogP contribution is -2.29. The van der Waals surface area contributed by atoms with E-state index in [1.165, 1.54) is 0 Å². The Morgan fingerprint density at radius 3 is 2.39 bits per heavy atom. The van der Waals surface area contributed by atoms with E-state index in [0.717, 1.165) is 53.9 Å². The molecule has 0 unspecified atom stereocenters. The Labute approximate surface area is 235 Å². The lowest BCUT2D eigenvalue weighted by Gasteiger charge is -2.30. The molecule has 2 aromatic carbocycles. The van der Waals surface area contributed by atoms with Crippen LogP contribution in [0.4, 0.5) is 4.39 Å². The van der Waals surface area contributed by atoms with Crippen LogP contribution in [0.15, 0.2) is 54.0 Å². The maximum atomic E-state index is 15.8. The van der Waals surface area contributed by atoms with Crippen molar-refractivity contribution in [1.29, 1.82) is 0 Å². The van der Waals surface area contributed by atoms with Crippen LogP contribution in [-0.2, 0) is 28.2 Å². The van der Waals surface area contributed by atoms with E-state index in [1.54, 1.807) is 57.9 Å². The predicted molar refractivity (Wildman–Crippen MR) is 157 cm³/mol. The van der Waals surface area contributed by atoms with Gasteiger partial charge in [0.15, 0.2) is 5.82 Å². The molecule has 4 aromatic heterocycles. The van der Waals surface area contributed by atoms with Gasteiger partial charge in [-0.1, -0.05) is 0 Å². The second kappa shape index (κ2) is 9.27. The highest BCUT2D eigenvalue weighted by Gasteiger charge is 2.26. The van der Waals surface area contributed by atoms with Crippen molar-refractivity contribution in [1.82, 2.24) is 42.9 Å². The SMILES string of the molecule is CN1CCC(c2cc(-n3c(-c4cncn4C)nc4cc(-c5cnn(C)c5)c(F)cc43)cc3c2n(C)c(=O)n3C)CC1. The van der Waals surface area contributed by atoms with Crippen LogP contribution >= 0.6 is 0 Å². The number of aryl methyl sites for hydroxylation is 4. The van der Waals surface area contributed by atoms with Gasteiger partial charge in [0, 0.05) is 51.6 Å². The van der Waals surface area contributed by atoms with Crippen molar-refractivity contribution in [3.05, 3.63) is 71.0 Å². The fraction of sp³-hybridized carbons (Fsp3) is 0.333. The number of hydrogen-bond donors (Lipinski definition) is 0. The third kappa shape index (κ3) is 3.94.